The van der Waals surface area contributed by atoms with Crippen LogP contribution in [0.5, 0.6) is 0 Å². The lowest BCUT2D eigenvalue weighted by atomic mass is 10.1. The van der Waals surface area contributed by atoms with Crippen molar-refractivity contribution in [2.45, 2.75) is 6.54 Å². The predicted octanol–water partition coefficient (Wildman–Crippen LogP) is 2.44. The average Bonchev–Trinajstić information content (AvgIpc) is 3.29. The van der Waals surface area contributed by atoms with E-state index in [0.29, 0.717) is 18.0 Å². The first-order valence-corrected chi connectivity index (χ1v) is 7.51. The molecule has 0 saturated heterocycles. The molecule has 0 aliphatic carbocycles. The van der Waals surface area contributed by atoms with Gasteiger partial charge in [-0.3, -0.25) is 0 Å². The molecule has 3 aromatic heterocycles. The fourth-order valence-electron chi connectivity index (χ4n) is 2.58. The molecule has 0 amide bonds. The van der Waals surface area contributed by atoms with Crippen LogP contribution in [0.4, 0.5) is 11.6 Å². The number of rotatable bonds is 5. The van der Waals surface area contributed by atoms with Crippen LogP contribution in [0.1, 0.15) is 5.56 Å². The molecule has 9 heteroatoms. The van der Waals surface area contributed by atoms with E-state index in [-0.39, 0.29) is 5.82 Å². The standard InChI is InChI=1S/C16H13N7O2/c24-23(25)16-10-19-15-6-5-14(20-22(15)16)18-9-12-3-1-2-4-13(12)21-8-7-17-11-21/h1-8,10-11H,9H2,(H,18,20). The minimum atomic E-state index is -0.509. The van der Waals surface area contributed by atoms with Crippen molar-refractivity contribution in [3.8, 4) is 5.69 Å². The molecule has 0 atom stereocenters. The Labute approximate surface area is 141 Å². The van der Waals surface area contributed by atoms with Gasteiger partial charge in [-0.05, 0) is 22.6 Å². The molecule has 4 aromatic rings. The van der Waals surface area contributed by atoms with Crippen LogP contribution in [0.3, 0.4) is 0 Å². The maximum atomic E-state index is 11.0. The van der Waals surface area contributed by atoms with Crippen molar-refractivity contribution in [1.29, 1.82) is 0 Å². The Kier molecular flexibility index (Phi) is 3.58. The number of nitro groups is 1. The number of nitrogens with zero attached hydrogens (tertiary/aromatic N) is 6. The van der Waals surface area contributed by atoms with E-state index in [1.807, 2.05) is 35.0 Å². The third kappa shape index (κ3) is 2.78. The molecule has 3 heterocycles. The van der Waals surface area contributed by atoms with Crippen molar-refractivity contribution in [2.75, 3.05) is 5.32 Å². The van der Waals surface area contributed by atoms with Crippen molar-refractivity contribution in [2.24, 2.45) is 0 Å². The van der Waals surface area contributed by atoms with Crippen LogP contribution in [-0.2, 0) is 6.54 Å². The molecule has 0 saturated carbocycles. The van der Waals surface area contributed by atoms with E-state index in [1.165, 1.54) is 10.7 Å². The molecule has 4 rings (SSSR count). The molecule has 0 bridgehead atoms. The van der Waals surface area contributed by atoms with Crippen LogP contribution in [0, 0.1) is 10.1 Å². The van der Waals surface area contributed by atoms with Crippen LogP contribution in [0.25, 0.3) is 11.3 Å². The van der Waals surface area contributed by atoms with Crippen molar-refractivity contribution >= 4 is 17.3 Å². The van der Waals surface area contributed by atoms with Gasteiger partial charge in [0.1, 0.15) is 6.20 Å². The van der Waals surface area contributed by atoms with E-state index in [4.69, 9.17) is 0 Å². The molecule has 0 unspecified atom stereocenters. The number of hydrogen-bond donors (Lipinski definition) is 1. The highest BCUT2D eigenvalue weighted by atomic mass is 16.6. The van der Waals surface area contributed by atoms with Crippen molar-refractivity contribution in [3.63, 3.8) is 0 Å². The first-order chi connectivity index (χ1) is 12.2. The van der Waals surface area contributed by atoms with Gasteiger partial charge in [0.15, 0.2) is 5.82 Å². The average molecular weight is 335 g/mol. The summed E-state index contributed by atoms with van der Waals surface area (Å²) in [5, 5.41) is 18.5. The molecule has 1 N–H and O–H groups in total. The SMILES string of the molecule is O=[N+]([O-])c1cnc2ccc(NCc3ccccc3-n3ccnc3)nn12. The molecule has 0 aliphatic rings. The molecule has 0 aliphatic heterocycles. The highest BCUT2D eigenvalue weighted by Crippen LogP contribution is 2.17. The summed E-state index contributed by atoms with van der Waals surface area (Å²) in [5.41, 5.74) is 2.47. The van der Waals surface area contributed by atoms with Gasteiger partial charge in [0, 0.05) is 25.0 Å². The van der Waals surface area contributed by atoms with Crippen LogP contribution in [0.2, 0.25) is 0 Å². The quantitative estimate of drug-likeness (QED) is 0.444. The number of aromatic nitrogens is 5. The Bertz CT molecular complexity index is 1040. The first-order valence-electron chi connectivity index (χ1n) is 7.51. The maximum absolute atomic E-state index is 11.0. The van der Waals surface area contributed by atoms with Gasteiger partial charge in [0.05, 0.1) is 12.0 Å². The number of fused-ring (bicyclic) bond motifs is 1. The summed E-state index contributed by atoms with van der Waals surface area (Å²) in [6.07, 6.45) is 6.52. The lowest BCUT2D eigenvalue weighted by Crippen LogP contribution is -2.07. The van der Waals surface area contributed by atoms with Gasteiger partial charge in [0.2, 0.25) is 5.65 Å². The second-order valence-electron chi connectivity index (χ2n) is 5.31. The molecular weight excluding hydrogens is 322 g/mol. The van der Waals surface area contributed by atoms with Gasteiger partial charge in [-0.2, -0.15) is 0 Å². The Hall–Kier alpha value is -3.75. The molecule has 9 nitrogen and oxygen atoms in total. The molecule has 0 spiro atoms. The zero-order valence-corrected chi connectivity index (χ0v) is 13.0. The summed E-state index contributed by atoms with van der Waals surface area (Å²) in [5.74, 6) is 0.353. The second kappa shape index (κ2) is 6.04. The summed E-state index contributed by atoms with van der Waals surface area (Å²) in [6, 6.07) is 11.3. The molecule has 1 aromatic carbocycles. The van der Waals surface area contributed by atoms with Gasteiger partial charge in [-0.1, -0.05) is 27.8 Å². The summed E-state index contributed by atoms with van der Waals surface area (Å²) in [6.45, 7) is 0.509. The van der Waals surface area contributed by atoms with Gasteiger partial charge in [0.25, 0.3) is 0 Å². The number of hydrogen-bond acceptors (Lipinski definition) is 6. The summed E-state index contributed by atoms with van der Waals surface area (Å²) in [4.78, 5) is 18.5. The van der Waals surface area contributed by atoms with Crippen LogP contribution in [-0.4, -0.2) is 29.1 Å². The minimum Gasteiger partial charge on any atom is -0.363 e. The van der Waals surface area contributed by atoms with E-state index >= 15 is 0 Å². The normalized spacial score (nSPS) is 10.9. The molecule has 0 radical (unpaired) electrons. The zero-order valence-electron chi connectivity index (χ0n) is 13.0. The number of benzene rings is 1. The first kappa shape index (κ1) is 14.8. The Morgan fingerprint density at radius 3 is 2.88 bits per heavy atom. The summed E-state index contributed by atoms with van der Waals surface area (Å²) >= 11 is 0. The largest absolute Gasteiger partial charge is 0.368 e. The molecule has 0 fully saturated rings. The minimum absolute atomic E-state index is 0.169. The van der Waals surface area contributed by atoms with E-state index in [2.05, 4.69) is 20.4 Å². The summed E-state index contributed by atoms with van der Waals surface area (Å²) in [7, 11) is 0. The van der Waals surface area contributed by atoms with Crippen LogP contribution in [0.15, 0.2) is 61.3 Å². The van der Waals surface area contributed by atoms with E-state index in [9.17, 15) is 10.1 Å². The Balaban J connectivity index is 1.61. The lowest BCUT2D eigenvalue weighted by molar-refractivity contribution is -0.391. The van der Waals surface area contributed by atoms with E-state index < -0.39 is 4.92 Å². The van der Waals surface area contributed by atoms with Crippen molar-refractivity contribution in [3.05, 3.63) is 77.0 Å². The lowest BCUT2D eigenvalue weighted by Gasteiger charge is -2.11. The zero-order chi connectivity index (χ0) is 17.2. The van der Waals surface area contributed by atoms with Crippen molar-refractivity contribution < 1.29 is 4.92 Å². The highest BCUT2D eigenvalue weighted by molar-refractivity contribution is 5.49. The van der Waals surface area contributed by atoms with E-state index in [0.717, 1.165) is 11.3 Å². The molecule has 124 valence electrons. The third-order valence-corrected chi connectivity index (χ3v) is 3.77. The molecular formula is C16H13N7O2. The Morgan fingerprint density at radius 2 is 2.08 bits per heavy atom. The van der Waals surface area contributed by atoms with Crippen molar-refractivity contribution in [1.82, 2.24) is 24.1 Å². The van der Waals surface area contributed by atoms with Crippen LogP contribution >= 0.6 is 0 Å². The maximum Gasteiger partial charge on any atom is 0.368 e. The number of anilines is 1. The molecule has 25 heavy (non-hydrogen) atoms. The van der Waals surface area contributed by atoms with Gasteiger partial charge < -0.3 is 20.0 Å². The summed E-state index contributed by atoms with van der Waals surface area (Å²) < 4.78 is 3.14. The van der Waals surface area contributed by atoms with E-state index in [1.54, 1.807) is 24.7 Å². The predicted molar refractivity (Wildman–Crippen MR) is 90.5 cm³/mol. The van der Waals surface area contributed by atoms with Crippen LogP contribution < -0.4 is 5.32 Å². The number of imidazole rings is 2. The second-order valence-corrected chi connectivity index (χ2v) is 5.31. The topological polar surface area (TPSA) is 103 Å². The van der Waals surface area contributed by atoms with Gasteiger partial charge in [-0.15, -0.1) is 0 Å². The number of nitrogens with one attached hydrogen (secondary N) is 1. The third-order valence-electron chi connectivity index (χ3n) is 3.77. The number of para-hydroxylation sites is 1. The monoisotopic (exact) mass is 335 g/mol. The fraction of sp³-hybridized carbons (Fsp3) is 0.0625. The van der Waals surface area contributed by atoms with Gasteiger partial charge >= 0.3 is 5.82 Å². The van der Waals surface area contributed by atoms with Gasteiger partial charge in [-0.25, -0.2) is 9.97 Å². The highest BCUT2D eigenvalue weighted by Gasteiger charge is 2.16. The Morgan fingerprint density at radius 1 is 1.20 bits per heavy atom. The smallest absolute Gasteiger partial charge is 0.363 e. The fourth-order valence-corrected chi connectivity index (χ4v) is 2.58.